The molecule has 0 radical (unpaired) electrons. The van der Waals surface area contributed by atoms with Crippen molar-refractivity contribution in [3.63, 3.8) is 0 Å². The number of methoxy groups -OCH3 is 1. The van der Waals surface area contributed by atoms with Gasteiger partial charge in [0.05, 0.1) is 12.7 Å². The van der Waals surface area contributed by atoms with E-state index >= 15 is 0 Å². The second-order valence-corrected chi connectivity index (χ2v) is 16.5. The summed E-state index contributed by atoms with van der Waals surface area (Å²) in [6.07, 6.45) is 10.9. The van der Waals surface area contributed by atoms with Gasteiger partial charge in [-0.1, -0.05) is 30.9 Å². The van der Waals surface area contributed by atoms with Crippen LogP contribution in [-0.2, 0) is 27.5 Å². The summed E-state index contributed by atoms with van der Waals surface area (Å²) in [7, 11) is 3.46. The molecule has 2 N–H and O–H groups in total. The zero-order chi connectivity index (χ0) is 40.1. The predicted molar refractivity (Wildman–Crippen MR) is 216 cm³/mol. The Bertz CT molecular complexity index is 1950. The Labute approximate surface area is 333 Å². The molecule has 2 unspecified atom stereocenters. The maximum absolute atomic E-state index is 14.3. The lowest BCUT2D eigenvalue weighted by atomic mass is 9.87. The molecule has 1 aromatic carbocycles. The van der Waals surface area contributed by atoms with Gasteiger partial charge in [-0.15, -0.1) is 0 Å². The third kappa shape index (κ3) is 10.1. The third-order valence-corrected chi connectivity index (χ3v) is 12.6. The van der Waals surface area contributed by atoms with Crippen molar-refractivity contribution in [1.82, 2.24) is 14.8 Å². The summed E-state index contributed by atoms with van der Waals surface area (Å²) in [4.78, 5) is 40.5. The Kier molecular flexibility index (Phi) is 13.4. The topological polar surface area (TPSA) is 95.9 Å². The number of imide groups is 1. The van der Waals surface area contributed by atoms with Gasteiger partial charge in [0, 0.05) is 73.3 Å². The lowest BCUT2D eigenvalue weighted by Crippen LogP contribution is -2.47. The van der Waals surface area contributed by atoms with Crippen LogP contribution in [0.15, 0.2) is 57.7 Å². The number of nitrogens with zero attached hydrogens (tertiary/aromatic N) is 3. The summed E-state index contributed by atoms with van der Waals surface area (Å²) in [5.74, 6) is 1.09. The molecule has 0 bridgehead atoms. The van der Waals surface area contributed by atoms with E-state index in [0.717, 1.165) is 103 Å². The Morgan fingerprint density at radius 2 is 1.66 bits per heavy atom. The summed E-state index contributed by atoms with van der Waals surface area (Å²) in [5, 5.41) is 5.84. The third-order valence-electron chi connectivity index (χ3n) is 12.2. The number of nitrogens with one attached hydrogen (secondary N) is 2. The van der Waals surface area contributed by atoms with Gasteiger partial charge in [0.1, 0.15) is 11.8 Å². The molecule has 3 fully saturated rings. The highest BCUT2D eigenvalue weighted by atomic mass is 35.5. The summed E-state index contributed by atoms with van der Waals surface area (Å²) in [6.45, 7) is 7.76. The maximum atomic E-state index is 14.3. The van der Waals surface area contributed by atoms with Crippen LogP contribution in [-0.4, -0.2) is 67.2 Å². The van der Waals surface area contributed by atoms with Crippen molar-refractivity contribution in [3.05, 3.63) is 85.5 Å². The number of halogens is 4. The molecule has 2 atom stereocenters. The fraction of sp³-hybridized carbons (Fsp3) is 0.558. The summed E-state index contributed by atoms with van der Waals surface area (Å²) in [6, 6.07) is 3.43. The van der Waals surface area contributed by atoms with E-state index < -0.39 is 23.7 Å². The van der Waals surface area contributed by atoms with Crippen LogP contribution in [0.4, 0.5) is 24.5 Å². The highest BCUT2D eigenvalue weighted by Gasteiger charge is 2.37. The van der Waals surface area contributed by atoms with Crippen molar-refractivity contribution < 1.29 is 27.5 Å². The molecule has 3 saturated heterocycles. The van der Waals surface area contributed by atoms with E-state index in [-0.39, 0.29) is 35.7 Å². The monoisotopic (exact) mass is 797 g/mol. The Balaban J connectivity index is 0.982. The number of piperidine rings is 2. The van der Waals surface area contributed by atoms with Crippen molar-refractivity contribution in [3.8, 4) is 0 Å². The van der Waals surface area contributed by atoms with Crippen LogP contribution in [0.1, 0.15) is 92.9 Å². The minimum atomic E-state index is -4.55. The molecular weight excluding hydrogens is 743 g/mol. The van der Waals surface area contributed by atoms with E-state index in [1.807, 2.05) is 37.1 Å². The van der Waals surface area contributed by atoms with E-state index in [4.69, 9.17) is 16.3 Å². The first-order chi connectivity index (χ1) is 26.7. The van der Waals surface area contributed by atoms with Gasteiger partial charge in [0.15, 0.2) is 0 Å². The normalized spacial score (nSPS) is 22.0. The molecule has 4 heterocycles. The van der Waals surface area contributed by atoms with Crippen LogP contribution >= 0.6 is 11.6 Å². The van der Waals surface area contributed by atoms with Crippen LogP contribution in [0, 0.1) is 25.7 Å². The number of benzene rings is 1. The number of carbonyl (C=O) groups excluding carboxylic acids is 2. The van der Waals surface area contributed by atoms with Gasteiger partial charge in [0.2, 0.25) is 11.8 Å². The largest absolute Gasteiger partial charge is 0.501 e. The van der Waals surface area contributed by atoms with Crippen LogP contribution in [0.3, 0.4) is 0 Å². The van der Waals surface area contributed by atoms with Gasteiger partial charge in [-0.3, -0.25) is 24.6 Å². The molecule has 2 aromatic rings. The van der Waals surface area contributed by atoms with Crippen molar-refractivity contribution in [2.45, 2.75) is 96.7 Å². The van der Waals surface area contributed by atoms with Crippen LogP contribution in [0.2, 0.25) is 0 Å². The van der Waals surface area contributed by atoms with E-state index in [0.29, 0.717) is 31.3 Å². The number of anilines is 2. The number of likely N-dealkylation sites (tertiary alicyclic amines) is 1. The number of amides is 2. The van der Waals surface area contributed by atoms with Crippen LogP contribution in [0.25, 0.3) is 5.57 Å². The maximum Gasteiger partial charge on any atom is 0.418 e. The Morgan fingerprint density at radius 1 is 0.946 bits per heavy atom. The van der Waals surface area contributed by atoms with Gasteiger partial charge < -0.3 is 19.5 Å². The van der Waals surface area contributed by atoms with E-state index in [9.17, 15) is 27.6 Å². The number of aryl methyl sites for hydroxylation is 1. The van der Waals surface area contributed by atoms with Crippen LogP contribution < -0.4 is 21.1 Å². The molecule has 56 heavy (non-hydrogen) atoms. The number of hydrogen-bond acceptors (Lipinski definition) is 7. The van der Waals surface area contributed by atoms with Gasteiger partial charge in [0.25, 0.3) is 5.56 Å². The lowest BCUT2D eigenvalue weighted by molar-refractivity contribution is -0.137. The molecule has 2 amide bonds. The molecule has 6 rings (SSSR count). The lowest BCUT2D eigenvalue weighted by Gasteiger charge is -2.35. The van der Waals surface area contributed by atoms with Crippen LogP contribution in [0.5, 0.6) is 0 Å². The second kappa shape index (κ2) is 18.1. The number of aromatic nitrogens is 1. The van der Waals surface area contributed by atoms with E-state index in [1.54, 1.807) is 24.8 Å². The smallest absolute Gasteiger partial charge is 0.418 e. The fourth-order valence-corrected chi connectivity index (χ4v) is 8.99. The van der Waals surface area contributed by atoms with Crippen molar-refractivity contribution >= 4 is 40.4 Å². The van der Waals surface area contributed by atoms with Gasteiger partial charge in [-0.05, 0) is 124 Å². The molecule has 13 heteroatoms. The minimum Gasteiger partial charge on any atom is -0.501 e. The molecule has 9 nitrogen and oxygen atoms in total. The molecule has 0 saturated carbocycles. The molecule has 304 valence electrons. The standard InChI is InChI=1S/C43H55ClF3N5O4/c1-27-28(2)42(55)50(3)26-35(27)31-21-34(56-4)22-32(37(44)23-31)25-51-17-6-9-29(14-18-51)7-5-8-30-15-19-52(20-16-30)39-12-10-33(24-36(39)43(45,46)47)48-38-11-13-40(53)49-41(38)54/h10,12,21,23-24,26,29-30,38,48H,5-9,11,13-20,22,25H2,1-4H3,(H,49,53,54). The number of rotatable bonds is 11. The van der Waals surface area contributed by atoms with Gasteiger partial charge in [-0.2, -0.15) is 13.2 Å². The first kappa shape index (κ1) is 41.6. The Hall–Kier alpha value is -4.03. The van der Waals surface area contributed by atoms with Crippen molar-refractivity contribution in [2.75, 3.05) is 50.1 Å². The first-order valence-corrected chi connectivity index (χ1v) is 20.4. The number of ether oxygens (including phenoxy) is 1. The average molecular weight is 798 g/mol. The molecule has 1 aromatic heterocycles. The summed E-state index contributed by atoms with van der Waals surface area (Å²) < 4.78 is 50.2. The van der Waals surface area contributed by atoms with Crippen molar-refractivity contribution in [2.24, 2.45) is 18.9 Å². The van der Waals surface area contributed by atoms with E-state index in [1.165, 1.54) is 18.9 Å². The predicted octanol–water partition coefficient (Wildman–Crippen LogP) is 8.24. The van der Waals surface area contributed by atoms with E-state index in [2.05, 4.69) is 15.5 Å². The number of pyridine rings is 1. The Morgan fingerprint density at radius 3 is 2.36 bits per heavy atom. The van der Waals surface area contributed by atoms with Gasteiger partial charge >= 0.3 is 6.18 Å². The first-order valence-electron chi connectivity index (χ1n) is 20.0. The zero-order valence-electron chi connectivity index (χ0n) is 33.0. The fourth-order valence-electron chi connectivity index (χ4n) is 8.74. The SMILES string of the molecule is COC1=CC(c2cn(C)c(=O)c(C)c2C)=CC(Cl)=C(CN2CCCC(CCCC3CCN(c4ccc(NC5CCC(=O)NC5=O)cc4C(F)(F)F)CC3)CC2)C1. The molecular formula is C43H55ClF3N5O4. The second-order valence-electron chi connectivity index (χ2n) is 16.1. The molecule has 3 aliphatic heterocycles. The molecule has 4 aliphatic rings. The zero-order valence-corrected chi connectivity index (χ0v) is 33.8. The summed E-state index contributed by atoms with van der Waals surface area (Å²) in [5.41, 5.74) is 4.35. The number of allylic oxidation sites excluding steroid dienone is 5. The minimum absolute atomic E-state index is 0.00589. The molecule has 1 aliphatic carbocycles. The van der Waals surface area contributed by atoms with Crippen molar-refractivity contribution in [1.29, 1.82) is 0 Å². The van der Waals surface area contributed by atoms with Gasteiger partial charge in [-0.25, -0.2) is 0 Å². The number of carbonyl (C=O) groups is 2. The number of alkyl halides is 3. The highest BCUT2D eigenvalue weighted by molar-refractivity contribution is 6.32. The summed E-state index contributed by atoms with van der Waals surface area (Å²) >= 11 is 7.01. The molecule has 0 spiro atoms. The highest BCUT2D eigenvalue weighted by Crippen LogP contribution is 2.40. The average Bonchev–Trinajstić information content (AvgIpc) is 3.49. The quantitative estimate of drug-likeness (QED) is 0.221. The number of hydrogen-bond donors (Lipinski definition) is 2.